The topological polar surface area (TPSA) is 48.0 Å². The van der Waals surface area contributed by atoms with Gasteiger partial charge in [-0.05, 0) is 72.0 Å². The zero-order valence-corrected chi connectivity index (χ0v) is 18.8. The summed E-state index contributed by atoms with van der Waals surface area (Å²) in [5.74, 6) is 0.226. The van der Waals surface area contributed by atoms with Crippen LogP contribution in [-0.2, 0) is 20.6 Å². The molecule has 2 unspecified atom stereocenters. The Morgan fingerprint density at radius 2 is 1.71 bits per heavy atom. The molecular formula is C22H34BNO4. The van der Waals surface area contributed by atoms with Crippen molar-refractivity contribution in [2.24, 2.45) is 0 Å². The number of benzene rings is 1. The van der Waals surface area contributed by atoms with Crippen LogP contribution in [0.4, 0.5) is 4.79 Å². The minimum atomic E-state index is -0.509. The standard InChI is InChI=1S/C22H34BNO4/c1-14-15(2)24(19(25)26-20(3,4)5)13-16-12-17(10-11-18(14)16)23-27-21(6,7)22(8,9)28-23/h10-12,14-15H,13H2,1-9H3. The Morgan fingerprint density at radius 3 is 2.25 bits per heavy atom. The summed E-state index contributed by atoms with van der Waals surface area (Å²) in [7, 11) is -0.403. The van der Waals surface area contributed by atoms with Crippen LogP contribution in [0.15, 0.2) is 18.2 Å². The highest BCUT2D eigenvalue weighted by atomic mass is 16.7. The molecule has 5 nitrogen and oxygen atoms in total. The van der Waals surface area contributed by atoms with E-state index >= 15 is 0 Å². The van der Waals surface area contributed by atoms with Gasteiger partial charge in [0.1, 0.15) is 5.60 Å². The van der Waals surface area contributed by atoms with E-state index < -0.39 is 12.7 Å². The van der Waals surface area contributed by atoms with Crippen LogP contribution in [-0.4, -0.2) is 41.0 Å². The predicted molar refractivity (Wildman–Crippen MR) is 112 cm³/mol. The van der Waals surface area contributed by atoms with Gasteiger partial charge in [-0.15, -0.1) is 0 Å². The van der Waals surface area contributed by atoms with Gasteiger partial charge in [0.05, 0.1) is 11.2 Å². The lowest BCUT2D eigenvalue weighted by atomic mass is 9.75. The first kappa shape index (κ1) is 21.2. The number of amides is 1. The second-order valence-corrected chi connectivity index (χ2v) is 10.2. The fourth-order valence-electron chi connectivity index (χ4n) is 3.74. The molecule has 2 aliphatic rings. The highest BCUT2D eigenvalue weighted by Gasteiger charge is 2.52. The largest absolute Gasteiger partial charge is 0.494 e. The van der Waals surface area contributed by atoms with E-state index in [0.717, 1.165) is 11.0 Å². The molecule has 0 aliphatic carbocycles. The molecule has 0 spiro atoms. The number of hydrogen-bond acceptors (Lipinski definition) is 4. The molecule has 2 heterocycles. The van der Waals surface area contributed by atoms with E-state index in [9.17, 15) is 4.79 Å². The first-order valence-corrected chi connectivity index (χ1v) is 10.2. The monoisotopic (exact) mass is 387 g/mol. The Bertz CT molecular complexity index is 752. The number of hydrogen-bond donors (Lipinski definition) is 0. The van der Waals surface area contributed by atoms with E-state index in [4.69, 9.17) is 14.0 Å². The molecule has 1 amide bonds. The van der Waals surface area contributed by atoms with Gasteiger partial charge in [-0.2, -0.15) is 0 Å². The zero-order chi connectivity index (χ0) is 21.1. The van der Waals surface area contributed by atoms with Crippen LogP contribution >= 0.6 is 0 Å². The fourth-order valence-corrected chi connectivity index (χ4v) is 3.74. The number of ether oxygens (including phenoxy) is 1. The third kappa shape index (κ3) is 3.81. The summed E-state index contributed by atoms with van der Waals surface area (Å²) in [5, 5.41) is 0. The maximum absolute atomic E-state index is 12.7. The molecule has 1 aromatic rings. The third-order valence-electron chi connectivity index (χ3n) is 6.37. The Labute approximate surface area is 169 Å². The molecule has 2 atom stereocenters. The maximum Gasteiger partial charge on any atom is 0.494 e. The second-order valence-electron chi connectivity index (χ2n) is 10.2. The fraction of sp³-hybridized carbons (Fsp3) is 0.682. The van der Waals surface area contributed by atoms with Crippen LogP contribution in [0.5, 0.6) is 0 Å². The van der Waals surface area contributed by atoms with Crippen LogP contribution in [0.3, 0.4) is 0 Å². The molecule has 3 rings (SSSR count). The Balaban J connectivity index is 1.88. The summed E-state index contributed by atoms with van der Waals surface area (Å²) < 4.78 is 18.0. The van der Waals surface area contributed by atoms with Crippen molar-refractivity contribution in [1.29, 1.82) is 0 Å². The van der Waals surface area contributed by atoms with Crippen molar-refractivity contribution in [2.45, 2.75) is 97.6 Å². The minimum absolute atomic E-state index is 0.0741. The van der Waals surface area contributed by atoms with Gasteiger partial charge in [0.15, 0.2) is 0 Å². The summed E-state index contributed by atoms with van der Waals surface area (Å²) in [6.07, 6.45) is -0.265. The van der Waals surface area contributed by atoms with Crippen LogP contribution in [0.25, 0.3) is 0 Å². The number of carbonyl (C=O) groups is 1. The first-order valence-electron chi connectivity index (χ1n) is 10.2. The van der Waals surface area contributed by atoms with E-state index in [1.165, 1.54) is 5.56 Å². The molecule has 1 aromatic carbocycles. The van der Waals surface area contributed by atoms with Gasteiger partial charge in [-0.25, -0.2) is 4.79 Å². The van der Waals surface area contributed by atoms with Gasteiger partial charge in [0.25, 0.3) is 0 Å². The third-order valence-corrected chi connectivity index (χ3v) is 6.37. The zero-order valence-electron chi connectivity index (χ0n) is 18.8. The van der Waals surface area contributed by atoms with Crippen molar-refractivity contribution >= 4 is 18.7 Å². The van der Waals surface area contributed by atoms with E-state index in [1.807, 2.05) is 25.7 Å². The lowest BCUT2D eigenvalue weighted by Gasteiger charge is -2.40. The van der Waals surface area contributed by atoms with Gasteiger partial charge < -0.3 is 18.9 Å². The molecule has 6 heteroatoms. The summed E-state index contributed by atoms with van der Waals surface area (Å²) in [6.45, 7) is 18.7. The van der Waals surface area contributed by atoms with Gasteiger partial charge in [-0.3, -0.25) is 0 Å². The van der Waals surface area contributed by atoms with Crippen LogP contribution < -0.4 is 5.46 Å². The molecule has 0 radical (unpaired) electrons. The van der Waals surface area contributed by atoms with Gasteiger partial charge in [0.2, 0.25) is 0 Å². The lowest BCUT2D eigenvalue weighted by molar-refractivity contribution is 0.00578. The van der Waals surface area contributed by atoms with Gasteiger partial charge >= 0.3 is 13.2 Å². The second kappa shape index (κ2) is 6.77. The van der Waals surface area contributed by atoms with Crippen molar-refractivity contribution in [3.8, 4) is 0 Å². The summed E-state index contributed by atoms with van der Waals surface area (Å²) >= 11 is 0. The molecular weight excluding hydrogens is 353 g/mol. The van der Waals surface area contributed by atoms with Crippen molar-refractivity contribution in [2.75, 3.05) is 0 Å². The molecule has 2 aliphatic heterocycles. The van der Waals surface area contributed by atoms with Crippen molar-refractivity contribution in [3.63, 3.8) is 0 Å². The molecule has 0 aromatic heterocycles. The normalized spacial score (nSPS) is 26.2. The molecule has 0 saturated carbocycles. The van der Waals surface area contributed by atoms with Crippen molar-refractivity contribution in [3.05, 3.63) is 29.3 Å². The quantitative estimate of drug-likeness (QED) is 0.677. The minimum Gasteiger partial charge on any atom is -0.444 e. The van der Waals surface area contributed by atoms with Crippen molar-refractivity contribution in [1.82, 2.24) is 4.90 Å². The summed E-state index contributed by atoms with van der Waals surface area (Å²) in [4.78, 5) is 14.6. The number of rotatable bonds is 1. The smallest absolute Gasteiger partial charge is 0.444 e. The Morgan fingerprint density at radius 1 is 1.14 bits per heavy atom. The lowest BCUT2D eigenvalue weighted by Crippen LogP contribution is -2.47. The SMILES string of the molecule is CC1c2ccc(B3OC(C)(C)C(C)(C)O3)cc2CN(C(=O)OC(C)(C)C)C1C. The van der Waals surface area contributed by atoms with Gasteiger partial charge in [-0.1, -0.05) is 25.1 Å². The maximum atomic E-state index is 12.7. The Hall–Kier alpha value is -1.53. The number of carbonyl (C=O) groups excluding carboxylic acids is 1. The van der Waals surface area contributed by atoms with Crippen LogP contribution in [0.1, 0.15) is 79.4 Å². The average molecular weight is 387 g/mol. The van der Waals surface area contributed by atoms with E-state index in [2.05, 4.69) is 59.7 Å². The number of fused-ring (bicyclic) bond motifs is 1. The Kier molecular flexibility index (Phi) is 5.12. The van der Waals surface area contributed by atoms with Crippen LogP contribution in [0.2, 0.25) is 0 Å². The van der Waals surface area contributed by atoms with E-state index in [-0.39, 0.29) is 29.3 Å². The highest BCUT2D eigenvalue weighted by molar-refractivity contribution is 6.62. The molecule has 0 bridgehead atoms. The highest BCUT2D eigenvalue weighted by Crippen LogP contribution is 2.38. The van der Waals surface area contributed by atoms with Crippen LogP contribution in [0, 0.1) is 0 Å². The number of nitrogens with zero attached hydrogens (tertiary/aromatic N) is 1. The summed E-state index contributed by atoms with van der Waals surface area (Å²) in [6, 6.07) is 6.44. The molecule has 1 saturated heterocycles. The first-order chi connectivity index (χ1) is 12.7. The summed E-state index contributed by atoms with van der Waals surface area (Å²) in [5.41, 5.74) is 2.13. The van der Waals surface area contributed by atoms with Crippen molar-refractivity contribution < 1.29 is 18.8 Å². The van der Waals surface area contributed by atoms with E-state index in [1.54, 1.807) is 0 Å². The molecule has 1 fully saturated rings. The molecule has 154 valence electrons. The predicted octanol–water partition coefficient (Wildman–Crippen LogP) is 4.23. The van der Waals surface area contributed by atoms with Gasteiger partial charge in [0, 0.05) is 18.5 Å². The molecule has 0 N–H and O–H groups in total. The van der Waals surface area contributed by atoms with E-state index in [0.29, 0.717) is 6.54 Å². The average Bonchev–Trinajstić information content (AvgIpc) is 2.76. The molecule has 28 heavy (non-hydrogen) atoms.